The molecule has 0 radical (unpaired) electrons. The first-order valence-corrected chi connectivity index (χ1v) is 8.79. The van der Waals surface area contributed by atoms with E-state index >= 15 is 0 Å². The molecule has 0 amide bonds. The highest BCUT2D eigenvalue weighted by Crippen LogP contribution is 2.34. The minimum Gasteiger partial charge on any atom is -0.314 e. The molecule has 0 heterocycles. The Morgan fingerprint density at radius 1 is 1.05 bits per heavy atom. The molecule has 0 aromatic carbocycles. The topological polar surface area (TPSA) is 12.0 Å². The van der Waals surface area contributed by atoms with E-state index in [1.54, 1.807) is 6.92 Å². The van der Waals surface area contributed by atoms with Gasteiger partial charge in [-0.2, -0.15) is 0 Å². The average Bonchev–Trinajstić information content (AvgIpc) is 2.42. The first-order valence-electron chi connectivity index (χ1n) is 8.79. The first kappa shape index (κ1) is 17.9. The minimum atomic E-state index is -0.660. The van der Waals surface area contributed by atoms with Crippen molar-refractivity contribution in [2.75, 3.05) is 6.54 Å². The molecule has 1 rings (SSSR count). The molecule has 6 unspecified atom stereocenters. The van der Waals surface area contributed by atoms with Gasteiger partial charge in [-0.25, -0.2) is 4.39 Å². The monoisotopic (exact) mass is 285 g/mol. The molecule has 1 N–H and O–H groups in total. The van der Waals surface area contributed by atoms with Crippen LogP contribution in [0.4, 0.5) is 4.39 Å². The fraction of sp³-hybridized carbons (Fsp3) is 1.00. The van der Waals surface area contributed by atoms with E-state index < -0.39 is 6.17 Å². The van der Waals surface area contributed by atoms with Gasteiger partial charge in [0.25, 0.3) is 0 Å². The van der Waals surface area contributed by atoms with Crippen molar-refractivity contribution >= 4 is 0 Å². The van der Waals surface area contributed by atoms with E-state index in [1.165, 1.54) is 25.7 Å². The third kappa shape index (κ3) is 6.11. The van der Waals surface area contributed by atoms with Crippen molar-refractivity contribution in [3.05, 3.63) is 0 Å². The Kier molecular flexibility index (Phi) is 8.09. The van der Waals surface area contributed by atoms with Crippen molar-refractivity contribution in [1.82, 2.24) is 5.32 Å². The largest absolute Gasteiger partial charge is 0.314 e. The van der Waals surface area contributed by atoms with E-state index in [4.69, 9.17) is 0 Å². The Balaban J connectivity index is 2.26. The van der Waals surface area contributed by atoms with Gasteiger partial charge in [0.05, 0.1) is 6.17 Å². The lowest BCUT2D eigenvalue weighted by Gasteiger charge is -2.34. The summed E-state index contributed by atoms with van der Waals surface area (Å²) in [4.78, 5) is 0. The number of nitrogens with one attached hydrogen (secondary N) is 1. The van der Waals surface area contributed by atoms with Crippen LogP contribution in [0.25, 0.3) is 0 Å². The zero-order valence-electron chi connectivity index (χ0n) is 14.3. The maximum atomic E-state index is 12.9. The van der Waals surface area contributed by atoms with E-state index in [2.05, 4.69) is 33.0 Å². The summed E-state index contributed by atoms with van der Waals surface area (Å²) in [6.45, 7) is 12.1. The summed E-state index contributed by atoms with van der Waals surface area (Å²) in [6, 6.07) is 0.495. The number of rotatable bonds is 8. The highest BCUT2D eigenvalue weighted by Gasteiger charge is 2.26. The average molecular weight is 285 g/mol. The lowest BCUT2D eigenvalue weighted by atomic mass is 9.74. The molecule has 1 aliphatic rings. The lowest BCUT2D eigenvalue weighted by Crippen LogP contribution is -2.38. The Morgan fingerprint density at radius 2 is 1.70 bits per heavy atom. The highest BCUT2D eigenvalue weighted by atomic mass is 19.1. The number of hydrogen-bond donors (Lipinski definition) is 1. The summed E-state index contributed by atoms with van der Waals surface area (Å²) in [6.07, 6.45) is 6.68. The fourth-order valence-electron chi connectivity index (χ4n) is 3.66. The van der Waals surface area contributed by atoms with Crippen LogP contribution in [0.15, 0.2) is 0 Å². The SMILES string of the molecule is CC(F)CCC(C)C(C)NCC(C)C1CCCCC1C. The number of alkyl halides is 1. The number of halogens is 1. The molecule has 0 spiro atoms. The van der Waals surface area contributed by atoms with Crippen LogP contribution in [0.1, 0.15) is 73.1 Å². The molecule has 0 bridgehead atoms. The molecule has 2 heteroatoms. The minimum absolute atomic E-state index is 0.495. The van der Waals surface area contributed by atoms with Crippen LogP contribution in [0.5, 0.6) is 0 Å². The molecule has 0 aliphatic heterocycles. The van der Waals surface area contributed by atoms with Gasteiger partial charge in [0.2, 0.25) is 0 Å². The second kappa shape index (κ2) is 9.02. The smallest absolute Gasteiger partial charge is 0.0973 e. The molecule has 20 heavy (non-hydrogen) atoms. The van der Waals surface area contributed by atoms with E-state index in [9.17, 15) is 4.39 Å². The summed E-state index contributed by atoms with van der Waals surface area (Å²) in [5, 5.41) is 3.70. The predicted molar refractivity (Wildman–Crippen MR) is 86.7 cm³/mol. The van der Waals surface area contributed by atoms with Gasteiger partial charge in [-0.1, -0.05) is 40.0 Å². The summed E-state index contributed by atoms with van der Waals surface area (Å²) >= 11 is 0. The van der Waals surface area contributed by atoms with Crippen LogP contribution in [0.3, 0.4) is 0 Å². The fourth-order valence-corrected chi connectivity index (χ4v) is 3.66. The maximum absolute atomic E-state index is 12.9. The summed E-state index contributed by atoms with van der Waals surface area (Å²) in [7, 11) is 0. The van der Waals surface area contributed by atoms with Crippen LogP contribution < -0.4 is 5.32 Å². The summed E-state index contributed by atoms with van der Waals surface area (Å²) < 4.78 is 12.9. The van der Waals surface area contributed by atoms with E-state index in [1.807, 2.05) is 0 Å². The van der Waals surface area contributed by atoms with Crippen LogP contribution in [0.2, 0.25) is 0 Å². The van der Waals surface area contributed by atoms with Gasteiger partial charge in [0.15, 0.2) is 0 Å². The first-order chi connectivity index (χ1) is 9.41. The molecular weight excluding hydrogens is 249 g/mol. The van der Waals surface area contributed by atoms with Crippen LogP contribution >= 0.6 is 0 Å². The predicted octanol–water partition coefficient (Wildman–Crippen LogP) is 5.20. The van der Waals surface area contributed by atoms with Crippen LogP contribution in [-0.2, 0) is 0 Å². The Hall–Kier alpha value is -0.110. The maximum Gasteiger partial charge on any atom is 0.0973 e. The van der Waals surface area contributed by atoms with Gasteiger partial charge >= 0.3 is 0 Å². The molecule has 0 aromatic heterocycles. The zero-order valence-corrected chi connectivity index (χ0v) is 14.3. The van der Waals surface area contributed by atoms with Crippen molar-refractivity contribution in [1.29, 1.82) is 0 Å². The van der Waals surface area contributed by atoms with E-state index in [0.717, 1.165) is 30.7 Å². The molecule has 1 saturated carbocycles. The highest BCUT2D eigenvalue weighted by molar-refractivity contribution is 4.79. The number of hydrogen-bond acceptors (Lipinski definition) is 1. The quantitative estimate of drug-likeness (QED) is 0.646. The molecule has 0 aromatic rings. The molecule has 1 aliphatic carbocycles. The van der Waals surface area contributed by atoms with Gasteiger partial charge in [-0.15, -0.1) is 0 Å². The van der Waals surface area contributed by atoms with Gasteiger partial charge in [-0.05, 0) is 63.3 Å². The van der Waals surface area contributed by atoms with Crippen LogP contribution in [0, 0.1) is 23.7 Å². The van der Waals surface area contributed by atoms with Crippen molar-refractivity contribution in [3.63, 3.8) is 0 Å². The van der Waals surface area contributed by atoms with Crippen molar-refractivity contribution in [2.45, 2.75) is 85.4 Å². The molecule has 0 saturated heterocycles. The van der Waals surface area contributed by atoms with Crippen molar-refractivity contribution in [3.8, 4) is 0 Å². The molecule has 1 nitrogen and oxygen atoms in total. The standard InChI is InChI=1S/C18H36FN/c1-13(10-11-16(4)19)17(5)20-12-15(3)18-9-7-6-8-14(18)2/h13-18,20H,6-12H2,1-5H3. The summed E-state index contributed by atoms with van der Waals surface area (Å²) in [5.41, 5.74) is 0. The normalized spacial score (nSPS) is 29.7. The molecule has 6 atom stereocenters. The Labute approximate surface area is 126 Å². The third-order valence-corrected chi connectivity index (χ3v) is 5.54. The summed E-state index contributed by atoms with van der Waals surface area (Å²) in [5.74, 6) is 3.11. The van der Waals surface area contributed by atoms with Gasteiger partial charge in [0, 0.05) is 6.04 Å². The lowest BCUT2D eigenvalue weighted by molar-refractivity contribution is 0.175. The second-order valence-corrected chi connectivity index (χ2v) is 7.44. The van der Waals surface area contributed by atoms with Crippen molar-refractivity contribution < 1.29 is 4.39 Å². The van der Waals surface area contributed by atoms with E-state index in [-0.39, 0.29) is 0 Å². The Morgan fingerprint density at radius 3 is 2.30 bits per heavy atom. The molecular formula is C18H36FN. The van der Waals surface area contributed by atoms with Crippen molar-refractivity contribution in [2.24, 2.45) is 23.7 Å². The third-order valence-electron chi connectivity index (χ3n) is 5.54. The van der Waals surface area contributed by atoms with E-state index in [0.29, 0.717) is 18.4 Å². The molecule has 120 valence electrons. The zero-order chi connectivity index (χ0) is 15.1. The van der Waals surface area contributed by atoms with Gasteiger partial charge < -0.3 is 5.32 Å². The molecule has 1 fully saturated rings. The Bertz CT molecular complexity index is 254. The van der Waals surface area contributed by atoms with Gasteiger partial charge in [0.1, 0.15) is 0 Å². The van der Waals surface area contributed by atoms with Crippen LogP contribution in [-0.4, -0.2) is 18.8 Å². The second-order valence-electron chi connectivity index (χ2n) is 7.44. The van der Waals surface area contributed by atoms with Gasteiger partial charge in [-0.3, -0.25) is 0 Å².